The van der Waals surface area contributed by atoms with Crippen LogP contribution in [-0.4, -0.2) is 6.61 Å². The number of rotatable bonds is 19. The summed E-state index contributed by atoms with van der Waals surface area (Å²) in [4.78, 5) is 2.33. The molecular weight excluding hydrogens is 823 g/mol. The molecule has 68 heavy (non-hydrogen) atoms. The summed E-state index contributed by atoms with van der Waals surface area (Å²) in [7, 11) is 0. The Morgan fingerprint density at radius 2 is 0.824 bits per heavy atom. The van der Waals surface area contributed by atoms with E-state index in [-0.39, 0.29) is 0 Å². The van der Waals surface area contributed by atoms with Crippen LogP contribution in [0.15, 0.2) is 194 Å². The Balaban J connectivity index is 0.959. The molecule has 0 heterocycles. The van der Waals surface area contributed by atoms with E-state index in [4.69, 9.17) is 4.74 Å². The number of nitrogens with zero attached hydrogens (tertiary/aromatic N) is 1. The zero-order chi connectivity index (χ0) is 47.1. The first-order valence-electron chi connectivity index (χ1n) is 24.4. The summed E-state index contributed by atoms with van der Waals surface area (Å²) in [5.41, 5.74) is 17.5. The van der Waals surface area contributed by atoms with Gasteiger partial charge in [0.05, 0.1) is 6.61 Å². The minimum atomic E-state index is 0.643. The van der Waals surface area contributed by atoms with Crippen molar-refractivity contribution in [2.24, 2.45) is 11.8 Å². The summed E-state index contributed by atoms with van der Waals surface area (Å²) < 4.78 is 6.57. The van der Waals surface area contributed by atoms with Crippen LogP contribution in [0.1, 0.15) is 91.0 Å². The van der Waals surface area contributed by atoms with Gasteiger partial charge in [0.2, 0.25) is 0 Å². The fourth-order valence-electron chi connectivity index (χ4n) is 8.56. The summed E-state index contributed by atoms with van der Waals surface area (Å²) >= 11 is 0. The molecular formula is C66H65NO. The molecule has 0 bridgehead atoms. The van der Waals surface area contributed by atoms with Crippen LogP contribution in [0.3, 0.4) is 0 Å². The van der Waals surface area contributed by atoms with Crippen LogP contribution in [0.2, 0.25) is 0 Å². The van der Waals surface area contributed by atoms with Crippen molar-refractivity contribution in [3.8, 4) is 28.0 Å². The number of hydrogen-bond acceptors (Lipinski definition) is 2. The Morgan fingerprint density at radius 3 is 1.29 bits per heavy atom. The highest BCUT2D eigenvalue weighted by Gasteiger charge is 2.14. The van der Waals surface area contributed by atoms with Gasteiger partial charge in [0.15, 0.2) is 0 Å². The lowest BCUT2D eigenvalue weighted by atomic mass is 9.97. The summed E-state index contributed by atoms with van der Waals surface area (Å²) in [5.74, 6) is 2.34. The van der Waals surface area contributed by atoms with E-state index in [1.165, 1.54) is 69.3 Å². The molecule has 0 aliphatic rings. The van der Waals surface area contributed by atoms with Crippen LogP contribution in [0.5, 0.6) is 5.75 Å². The van der Waals surface area contributed by atoms with Crippen molar-refractivity contribution in [2.45, 2.75) is 60.3 Å². The highest BCUT2D eigenvalue weighted by Crippen LogP contribution is 2.37. The molecule has 0 aliphatic carbocycles. The van der Waals surface area contributed by atoms with Gasteiger partial charge in [-0.1, -0.05) is 228 Å². The predicted octanol–water partition coefficient (Wildman–Crippen LogP) is 18.8. The fourth-order valence-corrected chi connectivity index (χ4v) is 8.56. The SMILES string of the molecule is Cc1ccc(N(c2ccc(-c3ccc(/C=C/c4ccccc4)cc3)cc2)c2ccc(-c3ccc(/C=C/c4cc(OCCC(C)CCCC(C)C)c(/C=C/c5ccccc5)cc4C)cc3)cc2)cc1. The zero-order valence-corrected chi connectivity index (χ0v) is 40.5. The normalized spacial score (nSPS) is 12.1. The van der Waals surface area contributed by atoms with E-state index in [0.717, 1.165) is 51.8 Å². The topological polar surface area (TPSA) is 12.5 Å². The average molecular weight is 888 g/mol. The Kier molecular flexibility index (Phi) is 16.2. The summed E-state index contributed by atoms with van der Waals surface area (Å²) in [5, 5.41) is 0. The zero-order valence-electron chi connectivity index (χ0n) is 40.5. The second kappa shape index (κ2) is 23.3. The molecule has 8 rings (SSSR count). The Labute approximate surface area is 406 Å². The number of anilines is 3. The van der Waals surface area contributed by atoms with Crippen LogP contribution in [-0.2, 0) is 0 Å². The van der Waals surface area contributed by atoms with Crippen molar-refractivity contribution in [1.82, 2.24) is 0 Å². The van der Waals surface area contributed by atoms with Crippen LogP contribution in [0, 0.1) is 25.7 Å². The van der Waals surface area contributed by atoms with Gasteiger partial charge < -0.3 is 9.64 Å². The smallest absolute Gasteiger partial charge is 0.127 e. The highest BCUT2D eigenvalue weighted by molar-refractivity contribution is 5.82. The summed E-state index contributed by atoms with van der Waals surface area (Å²) in [6, 6.07) is 69.6. The van der Waals surface area contributed by atoms with E-state index in [1.54, 1.807) is 0 Å². The van der Waals surface area contributed by atoms with E-state index >= 15 is 0 Å². The van der Waals surface area contributed by atoms with Gasteiger partial charge in [-0.2, -0.15) is 0 Å². The molecule has 1 unspecified atom stereocenters. The van der Waals surface area contributed by atoms with Crippen molar-refractivity contribution in [3.63, 3.8) is 0 Å². The largest absolute Gasteiger partial charge is 0.493 e. The lowest BCUT2D eigenvalue weighted by Crippen LogP contribution is -2.09. The molecule has 2 heteroatoms. The van der Waals surface area contributed by atoms with E-state index in [0.29, 0.717) is 12.5 Å². The molecule has 8 aromatic rings. The lowest BCUT2D eigenvalue weighted by Gasteiger charge is -2.26. The van der Waals surface area contributed by atoms with Gasteiger partial charge in [0.1, 0.15) is 5.75 Å². The molecule has 0 aliphatic heterocycles. The third-order valence-corrected chi connectivity index (χ3v) is 12.8. The van der Waals surface area contributed by atoms with Crippen molar-refractivity contribution < 1.29 is 4.74 Å². The van der Waals surface area contributed by atoms with Crippen LogP contribution >= 0.6 is 0 Å². The second-order valence-corrected chi connectivity index (χ2v) is 18.6. The molecule has 2 nitrogen and oxygen atoms in total. The third-order valence-electron chi connectivity index (χ3n) is 12.8. The molecule has 8 aromatic carbocycles. The molecule has 0 saturated carbocycles. The molecule has 1 atom stereocenters. The third kappa shape index (κ3) is 13.1. The molecule has 0 saturated heterocycles. The molecule has 340 valence electrons. The number of benzene rings is 8. The Hall–Kier alpha value is -7.42. The monoisotopic (exact) mass is 888 g/mol. The quantitative estimate of drug-likeness (QED) is 0.0750. The van der Waals surface area contributed by atoms with E-state index in [1.807, 2.05) is 6.07 Å². The molecule has 0 spiro atoms. The van der Waals surface area contributed by atoms with Gasteiger partial charge in [-0.3, -0.25) is 0 Å². The summed E-state index contributed by atoms with van der Waals surface area (Å²) in [6.45, 7) is 12.0. The minimum Gasteiger partial charge on any atom is -0.493 e. The number of aryl methyl sites for hydroxylation is 2. The molecule has 0 amide bonds. The van der Waals surface area contributed by atoms with Crippen LogP contribution < -0.4 is 9.64 Å². The molecule has 0 fully saturated rings. The lowest BCUT2D eigenvalue weighted by molar-refractivity contribution is 0.275. The summed E-state index contributed by atoms with van der Waals surface area (Å²) in [6.07, 6.45) is 18.0. The maximum Gasteiger partial charge on any atom is 0.127 e. The Morgan fingerprint density at radius 1 is 0.412 bits per heavy atom. The number of hydrogen-bond donors (Lipinski definition) is 0. The first kappa shape index (κ1) is 47.1. The van der Waals surface area contributed by atoms with Gasteiger partial charge in [-0.25, -0.2) is 0 Å². The first-order chi connectivity index (χ1) is 33.2. The van der Waals surface area contributed by atoms with Gasteiger partial charge >= 0.3 is 0 Å². The first-order valence-corrected chi connectivity index (χ1v) is 24.4. The second-order valence-electron chi connectivity index (χ2n) is 18.6. The average Bonchev–Trinajstić information content (AvgIpc) is 3.37. The van der Waals surface area contributed by atoms with Crippen LogP contribution in [0.25, 0.3) is 58.7 Å². The van der Waals surface area contributed by atoms with Gasteiger partial charge in [0.25, 0.3) is 0 Å². The van der Waals surface area contributed by atoms with Crippen molar-refractivity contribution in [1.29, 1.82) is 0 Å². The van der Waals surface area contributed by atoms with Gasteiger partial charge in [-0.15, -0.1) is 0 Å². The van der Waals surface area contributed by atoms with E-state index in [9.17, 15) is 0 Å². The molecule has 0 N–H and O–H groups in total. The van der Waals surface area contributed by atoms with Gasteiger partial charge in [-0.05, 0) is 136 Å². The van der Waals surface area contributed by atoms with E-state index < -0.39 is 0 Å². The van der Waals surface area contributed by atoms with Crippen molar-refractivity contribution in [2.75, 3.05) is 11.5 Å². The maximum atomic E-state index is 6.57. The van der Waals surface area contributed by atoms with Gasteiger partial charge in [0, 0.05) is 22.6 Å². The molecule has 0 aromatic heterocycles. The predicted molar refractivity (Wildman–Crippen MR) is 296 cm³/mol. The highest BCUT2D eigenvalue weighted by atomic mass is 16.5. The fraction of sp³-hybridized carbons (Fsp3) is 0.182. The van der Waals surface area contributed by atoms with Crippen LogP contribution in [0.4, 0.5) is 17.1 Å². The number of ether oxygens (including phenoxy) is 1. The maximum absolute atomic E-state index is 6.57. The Bertz CT molecular complexity index is 2890. The molecule has 0 radical (unpaired) electrons. The standard InChI is InChI=1S/C66H65NO/c1-49(2)13-12-14-50(3)45-46-68-66-48-61(52(5)47-62(66)34-28-54-17-10-7-11-18-54)33-27-56-25-31-58(32-26-56)60-37-43-65(44-38-60)67(63-39-19-51(4)20-40-63)64-41-35-59(36-42-64)57-29-23-55(24-30-57)22-21-53-15-8-6-9-16-53/h6-11,15-44,47-50H,12-14,45-46H2,1-5H3/b22-21+,33-27+,34-28+. The van der Waals surface area contributed by atoms with E-state index in [2.05, 4.69) is 264 Å². The van der Waals surface area contributed by atoms with Crippen molar-refractivity contribution >= 4 is 53.5 Å². The van der Waals surface area contributed by atoms with Crippen molar-refractivity contribution in [3.05, 3.63) is 239 Å². The minimum absolute atomic E-state index is 0.643.